The molecule has 0 aromatic carbocycles. The Labute approximate surface area is 78.0 Å². The first-order valence-corrected chi connectivity index (χ1v) is 5.11. The number of hydrogen-bond acceptors (Lipinski definition) is 3. The molecule has 0 saturated carbocycles. The van der Waals surface area contributed by atoms with E-state index in [2.05, 4.69) is 29.0 Å². The summed E-state index contributed by atoms with van der Waals surface area (Å²) >= 11 is 1.82. The van der Waals surface area contributed by atoms with Crippen molar-refractivity contribution in [1.82, 2.24) is 10.6 Å². The van der Waals surface area contributed by atoms with Crippen LogP contribution in [0.3, 0.4) is 0 Å². The van der Waals surface area contributed by atoms with Gasteiger partial charge >= 0.3 is 0 Å². The molecule has 0 radical (unpaired) electrons. The summed E-state index contributed by atoms with van der Waals surface area (Å²) in [5, 5.41) is 8.62. The lowest BCUT2D eigenvalue weighted by molar-refractivity contribution is 0.654. The summed E-state index contributed by atoms with van der Waals surface area (Å²) in [5.41, 5.74) is 1.40. The maximum absolute atomic E-state index is 3.38. The first-order chi connectivity index (χ1) is 5.84. The molecule has 1 heterocycles. The third-order valence-electron chi connectivity index (χ3n) is 1.81. The Kier molecular flexibility index (Phi) is 4.29. The molecule has 0 aliphatic heterocycles. The van der Waals surface area contributed by atoms with E-state index in [1.807, 2.05) is 18.4 Å². The Morgan fingerprint density at radius 1 is 1.42 bits per heavy atom. The van der Waals surface area contributed by atoms with E-state index in [1.54, 1.807) is 0 Å². The number of rotatable bonds is 5. The van der Waals surface area contributed by atoms with Crippen molar-refractivity contribution in [3.63, 3.8) is 0 Å². The second-order valence-electron chi connectivity index (χ2n) is 2.81. The van der Waals surface area contributed by atoms with Crippen molar-refractivity contribution in [2.24, 2.45) is 0 Å². The Bertz CT molecular complexity index is 220. The summed E-state index contributed by atoms with van der Waals surface area (Å²) in [4.78, 5) is 1.45. The predicted molar refractivity (Wildman–Crippen MR) is 54.7 cm³/mol. The first kappa shape index (κ1) is 9.71. The minimum atomic E-state index is 1.01. The number of likely N-dealkylation sites (N-methyl/N-ethyl adjacent to an activating group) is 1. The summed E-state index contributed by atoms with van der Waals surface area (Å²) < 4.78 is 0. The molecule has 1 rings (SSSR count). The van der Waals surface area contributed by atoms with Crippen LogP contribution in [0.1, 0.15) is 10.4 Å². The molecule has 0 spiro atoms. The highest BCUT2D eigenvalue weighted by atomic mass is 32.1. The second-order valence-corrected chi connectivity index (χ2v) is 3.81. The van der Waals surface area contributed by atoms with Gasteiger partial charge in [-0.1, -0.05) is 0 Å². The standard InChI is InChI=1S/C9H16N2S/c1-8-3-6-12-9(8)7-11-5-4-10-2/h3,6,10-11H,4-5,7H2,1-2H3. The van der Waals surface area contributed by atoms with Crippen LogP contribution in [0, 0.1) is 6.92 Å². The molecular weight excluding hydrogens is 168 g/mol. The van der Waals surface area contributed by atoms with Crippen LogP contribution < -0.4 is 10.6 Å². The van der Waals surface area contributed by atoms with Crippen LogP contribution in [0.15, 0.2) is 11.4 Å². The molecule has 0 bridgehead atoms. The highest BCUT2D eigenvalue weighted by Crippen LogP contribution is 2.14. The van der Waals surface area contributed by atoms with E-state index in [9.17, 15) is 0 Å². The first-order valence-electron chi connectivity index (χ1n) is 4.23. The van der Waals surface area contributed by atoms with Gasteiger partial charge < -0.3 is 10.6 Å². The van der Waals surface area contributed by atoms with E-state index in [0.717, 1.165) is 19.6 Å². The fourth-order valence-electron chi connectivity index (χ4n) is 1.00. The molecule has 1 aromatic rings. The summed E-state index contributed by atoms with van der Waals surface area (Å²) in [6.07, 6.45) is 0. The van der Waals surface area contributed by atoms with Gasteiger partial charge in [-0.3, -0.25) is 0 Å². The molecule has 0 fully saturated rings. The fourth-order valence-corrected chi connectivity index (χ4v) is 1.88. The van der Waals surface area contributed by atoms with Crippen molar-refractivity contribution in [2.75, 3.05) is 20.1 Å². The second kappa shape index (κ2) is 5.30. The molecule has 0 saturated heterocycles. The molecule has 1 aromatic heterocycles. The van der Waals surface area contributed by atoms with Gasteiger partial charge in [-0.05, 0) is 31.0 Å². The number of nitrogens with one attached hydrogen (secondary N) is 2. The highest BCUT2D eigenvalue weighted by Gasteiger charge is 1.97. The zero-order chi connectivity index (χ0) is 8.81. The quantitative estimate of drug-likeness (QED) is 0.675. The van der Waals surface area contributed by atoms with Crippen molar-refractivity contribution >= 4 is 11.3 Å². The van der Waals surface area contributed by atoms with E-state index in [4.69, 9.17) is 0 Å². The molecular formula is C9H16N2S. The minimum absolute atomic E-state index is 1.01. The zero-order valence-electron chi connectivity index (χ0n) is 7.68. The lowest BCUT2D eigenvalue weighted by atomic mass is 10.3. The molecule has 2 N–H and O–H groups in total. The van der Waals surface area contributed by atoms with Crippen molar-refractivity contribution in [3.8, 4) is 0 Å². The van der Waals surface area contributed by atoms with Crippen molar-refractivity contribution in [3.05, 3.63) is 21.9 Å². The number of hydrogen-bond donors (Lipinski definition) is 2. The van der Waals surface area contributed by atoms with Crippen LogP contribution in [-0.4, -0.2) is 20.1 Å². The minimum Gasteiger partial charge on any atom is -0.318 e. The summed E-state index contributed by atoms with van der Waals surface area (Å²) in [5.74, 6) is 0. The molecule has 68 valence electrons. The van der Waals surface area contributed by atoms with E-state index in [-0.39, 0.29) is 0 Å². The van der Waals surface area contributed by atoms with Gasteiger partial charge in [0.05, 0.1) is 0 Å². The monoisotopic (exact) mass is 184 g/mol. The molecule has 0 aliphatic carbocycles. The van der Waals surface area contributed by atoms with E-state index < -0.39 is 0 Å². The molecule has 2 nitrogen and oxygen atoms in total. The fraction of sp³-hybridized carbons (Fsp3) is 0.556. The van der Waals surface area contributed by atoms with E-state index in [0.29, 0.717) is 0 Å². The van der Waals surface area contributed by atoms with Crippen LogP contribution in [-0.2, 0) is 6.54 Å². The molecule has 0 atom stereocenters. The summed E-state index contributed by atoms with van der Waals surface area (Å²) in [7, 11) is 1.97. The number of aryl methyl sites for hydroxylation is 1. The van der Waals surface area contributed by atoms with Crippen LogP contribution in [0.25, 0.3) is 0 Å². The normalized spacial score (nSPS) is 10.5. The molecule has 0 amide bonds. The van der Waals surface area contributed by atoms with Crippen molar-refractivity contribution in [1.29, 1.82) is 0 Å². The molecule has 0 unspecified atom stereocenters. The van der Waals surface area contributed by atoms with Gasteiger partial charge in [0.25, 0.3) is 0 Å². The van der Waals surface area contributed by atoms with Crippen LogP contribution in [0.5, 0.6) is 0 Å². The summed E-state index contributed by atoms with van der Waals surface area (Å²) in [6, 6.07) is 2.17. The van der Waals surface area contributed by atoms with Gasteiger partial charge in [0.2, 0.25) is 0 Å². The Morgan fingerprint density at radius 3 is 2.83 bits per heavy atom. The van der Waals surface area contributed by atoms with Gasteiger partial charge in [0.15, 0.2) is 0 Å². The Hall–Kier alpha value is -0.380. The predicted octanol–water partition coefficient (Wildman–Crippen LogP) is 1.37. The molecule has 3 heteroatoms. The lowest BCUT2D eigenvalue weighted by Gasteiger charge is -2.02. The van der Waals surface area contributed by atoms with E-state index >= 15 is 0 Å². The Morgan fingerprint density at radius 2 is 2.25 bits per heavy atom. The van der Waals surface area contributed by atoms with Gasteiger partial charge in [0.1, 0.15) is 0 Å². The van der Waals surface area contributed by atoms with Crippen LogP contribution in [0.4, 0.5) is 0 Å². The average Bonchev–Trinajstić information content (AvgIpc) is 2.46. The van der Waals surface area contributed by atoms with Gasteiger partial charge in [-0.2, -0.15) is 0 Å². The van der Waals surface area contributed by atoms with E-state index in [1.165, 1.54) is 10.4 Å². The number of thiophene rings is 1. The molecule has 12 heavy (non-hydrogen) atoms. The smallest absolute Gasteiger partial charge is 0.0302 e. The van der Waals surface area contributed by atoms with Crippen molar-refractivity contribution < 1.29 is 0 Å². The van der Waals surface area contributed by atoms with Crippen molar-refractivity contribution in [2.45, 2.75) is 13.5 Å². The van der Waals surface area contributed by atoms with Crippen LogP contribution >= 0.6 is 11.3 Å². The topological polar surface area (TPSA) is 24.1 Å². The maximum atomic E-state index is 3.38. The van der Waals surface area contributed by atoms with Gasteiger partial charge in [-0.15, -0.1) is 11.3 Å². The van der Waals surface area contributed by atoms with Crippen LogP contribution in [0.2, 0.25) is 0 Å². The Balaban J connectivity index is 2.20. The maximum Gasteiger partial charge on any atom is 0.0302 e. The zero-order valence-corrected chi connectivity index (χ0v) is 8.50. The third kappa shape index (κ3) is 2.93. The largest absolute Gasteiger partial charge is 0.318 e. The molecule has 0 aliphatic rings. The lowest BCUT2D eigenvalue weighted by Crippen LogP contribution is -2.24. The average molecular weight is 184 g/mol. The SMILES string of the molecule is CNCCNCc1sccc1C. The third-order valence-corrected chi connectivity index (χ3v) is 2.83. The van der Waals surface area contributed by atoms with Gasteiger partial charge in [0, 0.05) is 24.5 Å². The van der Waals surface area contributed by atoms with Gasteiger partial charge in [-0.25, -0.2) is 0 Å². The summed E-state index contributed by atoms with van der Waals surface area (Å²) in [6.45, 7) is 5.23. The highest BCUT2D eigenvalue weighted by molar-refractivity contribution is 7.10.